The predicted molar refractivity (Wildman–Crippen MR) is 47.8 cm³/mol. The maximum atomic E-state index is 8.75. The van der Waals surface area contributed by atoms with Crippen LogP contribution in [0.2, 0.25) is 0 Å². The van der Waals surface area contributed by atoms with E-state index in [9.17, 15) is 0 Å². The van der Waals surface area contributed by atoms with Gasteiger partial charge in [0.25, 0.3) is 0 Å². The van der Waals surface area contributed by atoms with Crippen molar-refractivity contribution in [3.8, 4) is 24.3 Å². The van der Waals surface area contributed by atoms with Crippen molar-refractivity contribution in [1.82, 2.24) is 0 Å². The van der Waals surface area contributed by atoms with E-state index in [0.29, 0.717) is 6.42 Å². The van der Waals surface area contributed by atoms with E-state index in [1.807, 2.05) is 24.3 Å². The van der Waals surface area contributed by atoms with Crippen LogP contribution in [0, 0.1) is 63.1 Å². The van der Waals surface area contributed by atoms with Gasteiger partial charge in [0.2, 0.25) is 0 Å². The monoisotopic (exact) mass is 186 g/mol. The van der Waals surface area contributed by atoms with Crippen LogP contribution in [0.1, 0.15) is 19.8 Å². The molecule has 4 nitrogen and oxygen atoms in total. The second-order valence-electron chi connectivity index (χ2n) is 3.08. The van der Waals surface area contributed by atoms with E-state index >= 15 is 0 Å². The summed E-state index contributed by atoms with van der Waals surface area (Å²) < 4.78 is 0. The third-order valence-corrected chi connectivity index (χ3v) is 2.03. The average molecular weight is 186 g/mol. The maximum absolute atomic E-state index is 8.75. The molecular weight excluding hydrogens is 176 g/mol. The second kappa shape index (κ2) is 6.47. The first kappa shape index (κ1) is 12.0. The fourth-order valence-corrected chi connectivity index (χ4v) is 1.06. The van der Waals surface area contributed by atoms with Crippen molar-refractivity contribution in [3.05, 3.63) is 0 Å². The van der Waals surface area contributed by atoms with Crippen LogP contribution in [-0.4, -0.2) is 0 Å². The number of hydrogen-bond donors (Lipinski definition) is 0. The van der Waals surface area contributed by atoms with Gasteiger partial charge in [0, 0.05) is 0 Å². The highest BCUT2D eigenvalue weighted by Gasteiger charge is 2.21. The van der Waals surface area contributed by atoms with Crippen LogP contribution in [0.4, 0.5) is 0 Å². The fraction of sp³-hybridized carbons (Fsp3) is 0.600. The molecule has 0 aliphatic carbocycles. The van der Waals surface area contributed by atoms with Gasteiger partial charge in [-0.15, -0.1) is 0 Å². The third-order valence-electron chi connectivity index (χ3n) is 2.03. The van der Waals surface area contributed by atoms with Gasteiger partial charge in [0.05, 0.1) is 48.5 Å². The van der Waals surface area contributed by atoms with E-state index in [4.69, 9.17) is 21.0 Å². The molecule has 0 saturated heterocycles. The van der Waals surface area contributed by atoms with Crippen LogP contribution < -0.4 is 0 Å². The van der Waals surface area contributed by atoms with Gasteiger partial charge in [-0.3, -0.25) is 0 Å². The largest absolute Gasteiger partial charge is 0.198 e. The Hall–Kier alpha value is -2.04. The summed E-state index contributed by atoms with van der Waals surface area (Å²) in [6.45, 7) is 1.65. The molecule has 0 fully saturated rings. The molecule has 0 aliphatic rings. The summed E-state index contributed by atoms with van der Waals surface area (Å²) in [5.41, 5.74) is 0. The van der Waals surface area contributed by atoms with Gasteiger partial charge < -0.3 is 0 Å². The van der Waals surface area contributed by atoms with Crippen LogP contribution in [-0.2, 0) is 0 Å². The number of rotatable bonds is 4. The minimum atomic E-state index is -0.460. The van der Waals surface area contributed by atoms with E-state index in [1.165, 1.54) is 0 Å². The topological polar surface area (TPSA) is 95.2 Å². The molecular formula is C10H10N4. The molecule has 0 saturated carbocycles. The highest BCUT2D eigenvalue weighted by atomic mass is 14.4. The minimum Gasteiger partial charge on any atom is -0.198 e. The van der Waals surface area contributed by atoms with E-state index in [1.54, 1.807) is 6.92 Å². The van der Waals surface area contributed by atoms with Crippen molar-refractivity contribution in [2.75, 3.05) is 0 Å². The Bertz CT molecular complexity index is 333. The lowest BCUT2D eigenvalue weighted by Gasteiger charge is -2.12. The quantitative estimate of drug-likeness (QED) is 0.667. The molecule has 14 heavy (non-hydrogen) atoms. The van der Waals surface area contributed by atoms with Crippen molar-refractivity contribution in [2.24, 2.45) is 17.8 Å². The van der Waals surface area contributed by atoms with Crippen molar-refractivity contribution in [2.45, 2.75) is 19.8 Å². The normalized spacial score (nSPS) is 14.9. The zero-order valence-electron chi connectivity index (χ0n) is 7.94. The summed E-state index contributed by atoms with van der Waals surface area (Å²) in [4.78, 5) is 0. The standard InChI is InChI=1S/C10H10N4/c1-8(5-12)10(7-14)4-9(6-13)2-3-11/h8-10H,2,4H2,1H3. The van der Waals surface area contributed by atoms with Gasteiger partial charge in [-0.2, -0.15) is 21.0 Å². The molecule has 70 valence electrons. The zero-order valence-corrected chi connectivity index (χ0v) is 7.94. The molecule has 0 aromatic carbocycles. The molecule has 0 spiro atoms. The van der Waals surface area contributed by atoms with Gasteiger partial charge in [0.15, 0.2) is 0 Å². The first-order valence-corrected chi connectivity index (χ1v) is 4.25. The highest BCUT2D eigenvalue weighted by Crippen LogP contribution is 2.21. The van der Waals surface area contributed by atoms with Gasteiger partial charge in [-0.25, -0.2) is 0 Å². The lowest BCUT2D eigenvalue weighted by atomic mass is 9.86. The van der Waals surface area contributed by atoms with Crippen LogP contribution in [0.15, 0.2) is 0 Å². The van der Waals surface area contributed by atoms with E-state index in [2.05, 4.69) is 0 Å². The summed E-state index contributed by atoms with van der Waals surface area (Å²) in [5, 5.41) is 34.4. The summed E-state index contributed by atoms with van der Waals surface area (Å²) in [6, 6.07) is 7.82. The number of nitrogens with zero attached hydrogens (tertiary/aromatic N) is 4. The van der Waals surface area contributed by atoms with Gasteiger partial charge >= 0.3 is 0 Å². The Morgan fingerprint density at radius 2 is 1.64 bits per heavy atom. The van der Waals surface area contributed by atoms with Crippen LogP contribution >= 0.6 is 0 Å². The van der Waals surface area contributed by atoms with Crippen LogP contribution in [0.25, 0.3) is 0 Å². The fourth-order valence-electron chi connectivity index (χ4n) is 1.06. The maximum Gasteiger partial charge on any atom is 0.0669 e. The summed E-state index contributed by atoms with van der Waals surface area (Å²) in [6.07, 6.45) is 0.419. The molecule has 4 heteroatoms. The Morgan fingerprint density at radius 3 is 2.00 bits per heavy atom. The lowest BCUT2D eigenvalue weighted by Crippen LogP contribution is -2.12. The first-order chi connectivity index (χ1) is 6.69. The first-order valence-electron chi connectivity index (χ1n) is 4.25. The zero-order chi connectivity index (χ0) is 11.0. The third kappa shape index (κ3) is 3.57. The smallest absolute Gasteiger partial charge is 0.0669 e. The molecule has 0 amide bonds. The van der Waals surface area contributed by atoms with E-state index < -0.39 is 17.8 Å². The van der Waals surface area contributed by atoms with Crippen molar-refractivity contribution in [1.29, 1.82) is 21.0 Å². The molecule has 0 radical (unpaired) electrons. The molecule has 0 rings (SSSR count). The van der Waals surface area contributed by atoms with Gasteiger partial charge in [0.1, 0.15) is 0 Å². The number of hydrogen-bond acceptors (Lipinski definition) is 4. The van der Waals surface area contributed by atoms with Crippen LogP contribution in [0.5, 0.6) is 0 Å². The predicted octanol–water partition coefficient (Wildman–Crippen LogP) is 1.73. The average Bonchev–Trinajstić information content (AvgIpc) is 2.23. The molecule has 0 aromatic heterocycles. The minimum absolute atomic E-state index is 0.118. The van der Waals surface area contributed by atoms with E-state index in [0.717, 1.165) is 0 Å². The second-order valence-corrected chi connectivity index (χ2v) is 3.08. The molecule has 3 unspecified atom stereocenters. The molecule has 0 aliphatic heterocycles. The molecule has 0 N–H and O–H groups in total. The Kier molecular flexibility index (Phi) is 5.53. The summed E-state index contributed by atoms with van der Waals surface area (Å²) >= 11 is 0. The van der Waals surface area contributed by atoms with Crippen molar-refractivity contribution in [3.63, 3.8) is 0 Å². The molecule has 0 aromatic rings. The summed E-state index contributed by atoms with van der Waals surface area (Å²) in [7, 11) is 0. The molecule has 3 atom stereocenters. The Balaban J connectivity index is 4.35. The van der Waals surface area contributed by atoms with Crippen LogP contribution in [0.3, 0.4) is 0 Å². The SMILES string of the molecule is CC(C#N)C(C#N)CC(C#N)CC#N. The lowest BCUT2D eigenvalue weighted by molar-refractivity contribution is 0.436. The highest BCUT2D eigenvalue weighted by molar-refractivity contribution is 5.01. The summed E-state index contributed by atoms with van der Waals surface area (Å²) in [5.74, 6) is -1.30. The Morgan fingerprint density at radius 1 is 1.00 bits per heavy atom. The van der Waals surface area contributed by atoms with Crippen molar-refractivity contribution < 1.29 is 0 Å². The number of nitriles is 4. The Labute approximate surface area is 83.6 Å². The van der Waals surface area contributed by atoms with E-state index in [-0.39, 0.29) is 6.42 Å². The molecule has 0 bridgehead atoms. The molecule has 0 heterocycles. The van der Waals surface area contributed by atoms with Crippen molar-refractivity contribution >= 4 is 0 Å². The van der Waals surface area contributed by atoms with Gasteiger partial charge in [-0.05, 0) is 13.3 Å². The van der Waals surface area contributed by atoms with Gasteiger partial charge in [-0.1, -0.05) is 0 Å².